The first-order valence-corrected chi connectivity index (χ1v) is 6.29. The number of aromatic nitrogens is 2. The standard InChI is InChI=1S/C12H11BrN2O2/c13-9-3-1-2-7(4-9)11-14-12(17-15-11)8-5-10(16)6-8/h1-4,8,10,16H,5-6H2. The molecule has 0 unspecified atom stereocenters. The van der Waals surface area contributed by atoms with Crippen LogP contribution < -0.4 is 0 Å². The summed E-state index contributed by atoms with van der Waals surface area (Å²) in [4.78, 5) is 4.37. The lowest BCUT2D eigenvalue weighted by Crippen LogP contribution is -2.26. The van der Waals surface area contributed by atoms with Crippen LogP contribution in [0.2, 0.25) is 0 Å². The van der Waals surface area contributed by atoms with E-state index in [4.69, 9.17) is 4.52 Å². The fraction of sp³-hybridized carbons (Fsp3) is 0.333. The van der Waals surface area contributed by atoms with E-state index in [1.54, 1.807) is 0 Å². The zero-order valence-corrected chi connectivity index (χ0v) is 10.6. The second kappa shape index (κ2) is 4.23. The van der Waals surface area contributed by atoms with Crippen LogP contribution in [0.5, 0.6) is 0 Å². The highest BCUT2D eigenvalue weighted by Gasteiger charge is 2.33. The number of aliphatic hydroxyl groups excluding tert-OH is 1. The van der Waals surface area contributed by atoms with Crippen molar-refractivity contribution in [3.8, 4) is 11.4 Å². The van der Waals surface area contributed by atoms with Gasteiger partial charge in [0.2, 0.25) is 11.7 Å². The molecular formula is C12H11BrN2O2. The molecule has 0 atom stereocenters. The first-order valence-electron chi connectivity index (χ1n) is 5.50. The maximum atomic E-state index is 9.24. The molecule has 1 aliphatic rings. The van der Waals surface area contributed by atoms with E-state index in [9.17, 15) is 5.11 Å². The summed E-state index contributed by atoms with van der Waals surface area (Å²) in [5.41, 5.74) is 0.925. The minimum absolute atomic E-state index is 0.207. The molecule has 1 aromatic carbocycles. The van der Waals surface area contributed by atoms with Gasteiger partial charge in [0.25, 0.3) is 0 Å². The Morgan fingerprint density at radius 1 is 1.35 bits per heavy atom. The van der Waals surface area contributed by atoms with Crippen molar-refractivity contribution in [2.75, 3.05) is 0 Å². The lowest BCUT2D eigenvalue weighted by molar-refractivity contribution is 0.0625. The van der Waals surface area contributed by atoms with Crippen LogP contribution in [-0.4, -0.2) is 21.4 Å². The molecule has 0 amide bonds. The number of nitrogens with zero attached hydrogens (tertiary/aromatic N) is 2. The van der Waals surface area contributed by atoms with E-state index in [0.29, 0.717) is 11.7 Å². The molecule has 3 rings (SSSR count). The van der Waals surface area contributed by atoms with Gasteiger partial charge in [-0.2, -0.15) is 4.98 Å². The largest absolute Gasteiger partial charge is 0.393 e. The zero-order valence-electron chi connectivity index (χ0n) is 9.01. The van der Waals surface area contributed by atoms with Crippen molar-refractivity contribution in [3.05, 3.63) is 34.6 Å². The molecule has 0 spiro atoms. The molecule has 5 heteroatoms. The van der Waals surface area contributed by atoms with Crippen molar-refractivity contribution < 1.29 is 9.63 Å². The summed E-state index contributed by atoms with van der Waals surface area (Å²) in [5, 5.41) is 13.2. The van der Waals surface area contributed by atoms with Crippen LogP contribution in [-0.2, 0) is 0 Å². The number of rotatable bonds is 2. The first-order chi connectivity index (χ1) is 8.22. The van der Waals surface area contributed by atoms with Crippen LogP contribution in [0.25, 0.3) is 11.4 Å². The van der Waals surface area contributed by atoms with Crippen molar-refractivity contribution in [2.24, 2.45) is 0 Å². The Kier molecular flexibility index (Phi) is 2.72. The molecule has 2 aromatic rings. The van der Waals surface area contributed by atoms with Gasteiger partial charge in [0, 0.05) is 16.0 Å². The predicted octanol–water partition coefficient (Wildman–Crippen LogP) is 2.74. The van der Waals surface area contributed by atoms with Crippen molar-refractivity contribution in [3.63, 3.8) is 0 Å². The first kappa shape index (κ1) is 10.9. The molecule has 88 valence electrons. The summed E-state index contributed by atoms with van der Waals surface area (Å²) in [7, 11) is 0. The van der Waals surface area contributed by atoms with E-state index in [0.717, 1.165) is 22.9 Å². The van der Waals surface area contributed by atoms with Gasteiger partial charge in [-0.1, -0.05) is 33.2 Å². The Morgan fingerprint density at radius 2 is 2.18 bits per heavy atom. The van der Waals surface area contributed by atoms with Gasteiger partial charge in [-0.25, -0.2) is 0 Å². The van der Waals surface area contributed by atoms with Gasteiger partial charge in [-0.15, -0.1) is 0 Å². The number of benzene rings is 1. The summed E-state index contributed by atoms with van der Waals surface area (Å²) < 4.78 is 6.21. The van der Waals surface area contributed by atoms with Gasteiger partial charge in [-0.3, -0.25) is 0 Å². The van der Waals surface area contributed by atoms with E-state index in [-0.39, 0.29) is 12.0 Å². The van der Waals surface area contributed by atoms with Crippen LogP contribution in [0.3, 0.4) is 0 Å². The minimum Gasteiger partial charge on any atom is -0.393 e. The maximum absolute atomic E-state index is 9.24. The molecule has 17 heavy (non-hydrogen) atoms. The third-order valence-electron chi connectivity index (χ3n) is 2.99. The van der Waals surface area contributed by atoms with Crippen molar-refractivity contribution in [1.29, 1.82) is 0 Å². The summed E-state index contributed by atoms with van der Waals surface area (Å²) in [6.45, 7) is 0. The highest BCUT2D eigenvalue weighted by molar-refractivity contribution is 9.10. The van der Waals surface area contributed by atoms with E-state index in [2.05, 4.69) is 26.1 Å². The van der Waals surface area contributed by atoms with Crippen LogP contribution in [0.1, 0.15) is 24.7 Å². The zero-order chi connectivity index (χ0) is 11.8. The summed E-state index contributed by atoms with van der Waals surface area (Å²) in [5.74, 6) is 1.45. The molecule has 1 heterocycles. The van der Waals surface area contributed by atoms with Gasteiger partial charge in [0.1, 0.15) is 0 Å². The lowest BCUT2D eigenvalue weighted by Gasteiger charge is -2.27. The maximum Gasteiger partial charge on any atom is 0.230 e. The smallest absolute Gasteiger partial charge is 0.230 e. The number of halogens is 1. The normalized spacial score (nSPS) is 23.4. The molecule has 0 bridgehead atoms. The van der Waals surface area contributed by atoms with Gasteiger partial charge < -0.3 is 9.63 Å². The van der Waals surface area contributed by atoms with Gasteiger partial charge in [-0.05, 0) is 25.0 Å². The SMILES string of the molecule is OC1CC(c2nc(-c3cccc(Br)c3)no2)C1. The van der Waals surface area contributed by atoms with Crippen molar-refractivity contribution >= 4 is 15.9 Å². The third-order valence-corrected chi connectivity index (χ3v) is 3.48. The molecule has 4 nitrogen and oxygen atoms in total. The van der Waals surface area contributed by atoms with Gasteiger partial charge in [0.15, 0.2) is 0 Å². The third kappa shape index (κ3) is 2.12. The average Bonchev–Trinajstić information content (AvgIpc) is 2.74. The Hall–Kier alpha value is -1.20. The van der Waals surface area contributed by atoms with E-state index in [1.807, 2.05) is 24.3 Å². The number of hydrogen-bond acceptors (Lipinski definition) is 4. The summed E-state index contributed by atoms with van der Waals surface area (Å²) >= 11 is 3.41. The van der Waals surface area contributed by atoms with Crippen LogP contribution in [0.4, 0.5) is 0 Å². The fourth-order valence-corrected chi connectivity index (χ4v) is 2.33. The average molecular weight is 295 g/mol. The Balaban J connectivity index is 1.85. The predicted molar refractivity (Wildman–Crippen MR) is 65.4 cm³/mol. The monoisotopic (exact) mass is 294 g/mol. The molecule has 0 radical (unpaired) electrons. The van der Waals surface area contributed by atoms with Gasteiger partial charge in [0.05, 0.1) is 6.10 Å². The molecule has 1 saturated carbocycles. The van der Waals surface area contributed by atoms with Crippen LogP contribution in [0.15, 0.2) is 33.3 Å². The van der Waals surface area contributed by atoms with E-state index >= 15 is 0 Å². The minimum atomic E-state index is -0.207. The lowest BCUT2D eigenvalue weighted by atomic mass is 9.82. The van der Waals surface area contributed by atoms with Crippen LogP contribution >= 0.6 is 15.9 Å². The highest BCUT2D eigenvalue weighted by atomic mass is 79.9. The molecule has 1 fully saturated rings. The van der Waals surface area contributed by atoms with Crippen molar-refractivity contribution in [1.82, 2.24) is 10.1 Å². The Labute approximate surface area is 107 Å². The molecule has 1 aromatic heterocycles. The second-order valence-corrected chi connectivity index (χ2v) is 5.20. The Morgan fingerprint density at radius 3 is 2.88 bits per heavy atom. The Bertz CT molecular complexity index is 535. The number of aliphatic hydroxyl groups is 1. The van der Waals surface area contributed by atoms with Crippen LogP contribution in [0, 0.1) is 0 Å². The quantitative estimate of drug-likeness (QED) is 0.925. The molecule has 0 aliphatic heterocycles. The fourth-order valence-electron chi connectivity index (χ4n) is 1.94. The molecule has 1 N–H and O–H groups in total. The second-order valence-electron chi connectivity index (χ2n) is 4.29. The van der Waals surface area contributed by atoms with Gasteiger partial charge >= 0.3 is 0 Å². The summed E-state index contributed by atoms with van der Waals surface area (Å²) in [6.07, 6.45) is 1.24. The molecular weight excluding hydrogens is 284 g/mol. The molecule has 0 saturated heterocycles. The summed E-state index contributed by atoms with van der Waals surface area (Å²) in [6, 6.07) is 7.77. The molecule has 1 aliphatic carbocycles. The van der Waals surface area contributed by atoms with E-state index in [1.165, 1.54) is 0 Å². The number of hydrogen-bond donors (Lipinski definition) is 1. The van der Waals surface area contributed by atoms with Crippen molar-refractivity contribution in [2.45, 2.75) is 24.9 Å². The highest BCUT2D eigenvalue weighted by Crippen LogP contribution is 2.36. The van der Waals surface area contributed by atoms with E-state index < -0.39 is 0 Å². The topological polar surface area (TPSA) is 59.2 Å².